The summed E-state index contributed by atoms with van der Waals surface area (Å²) in [4.78, 5) is -0.137. The fourth-order valence-corrected chi connectivity index (χ4v) is 3.10. The van der Waals surface area contributed by atoms with Gasteiger partial charge in [0.25, 0.3) is 10.0 Å². The molecule has 0 aromatic heterocycles. The lowest BCUT2D eigenvalue weighted by molar-refractivity contribution is 0.414. The number of sulfonamides is 1. The second kappa shape index (κ2) is 6.22. The second-order valence-electron chi connectivity index (χ2n) is 4.21. The minimum atomic E-state index is -4.02. The van der Waals surface area contributed by atoms with Crippen molar-refractivity contribution in [3.63, 3.8) is 0 Å². The van der Waals surface area contributed by atoms with Crippen molar-refractivity contribution in [3.8, 4) is 11.8 Å². The molecular weight excluding hydrogens is 331 g/mol. The molecule has 5 nitrogen and oxygen atoms in total. The summed E-state index contributed by atoms with van der Waals surface area (Å²) in [7, 11) is -2.61. The predicted octanol–water partition coefficient (Wildman–Crippen LogP) is 3.16. The molecule has 1 N–H and O–H groups in total. The van der Waals surface area contributed by atoms with Gasteiger partial charge in [0.2, 0.25) is 0 Å². The maximum absolute atomic E-state index is 13.8. The zero-order valence-corrected chi connectivity index (χ0v) is 12.9. The molecule has 114 valence electrons. The summed E-state index contributed by atoms with van der Waals surface area (Å²) in [5, 5.41) is 8.78. The SMILES string of the molecule is COc1ccc(S(=O)(=O)Nc2ccc(C#N)cc2F)cc1Cl. The maximum Gasteiger partial charge on any atom is 0.262 e. The summed E-state index contributed by atoms with van der Waals surface area (Å²) in [5.41, 5.74) is -0.168. The van der Waals surface area contributed by atoms with Crippen molar-refractivity contribution in [2.24, 2.45) is 0 Å². The van der Waals surface area contributed by atoms with Crippen molar-refractivity contribution < 1.29 is 17.5 Å². The first-order valence-electron chi connectivity index (χ1n) is 5.93. The van der Waals surface area contributed by atoms with Gasteiger partial charge >= 0.3 is 0 Å². The van der Waals surface area contributed by atoms with E-state index in [1.165, 1.54) is 37.4 Å². The van der Waals surface area contributed by atoms with Crippen LogP contribution >= 0.6 is 11.6 Å². The Morgan fingerprint density at radius 3 is 2.55 bits per heavy atom. The topological polar surface area (TPSA) is 79.2 Å². The first-order valence-corrected chi connectivity index (χ1v) is 7.79. The highest BCUT2D eigenvalue weighted by Gasteiger charge is 2.18. The Morgan fingerprint density at radius 2 is 2.00 bits per heavy atom. The molecule has 2 aromatic carbocycles. The van der Waals surface area contributed by atoms with Gasteiger partial charge in [-0.1, -0.05) is 11.6 Å². The number of halogens is 2. The van der Waals surface area contributed by atoms with Gasteiger partial charge in [0.1, 0.15) is 11.6 Å². The third kappa shape index (κ3) is 3.30. The van der Waals surface area contributed by atoms with Gasteiger partial charge in [-0.15, -0.1) is 0 Å². The molecule has 0 saturated heterocycles. The molecule has 2 aromatic rings. The van der Waals surface area contributed by atoms with Crippen molar-refractivity contribution in [2.75, 3.05) is 11.8 Å². The highest BCUT2D eigenvalue weighted by Crippen LogP contribution is 2.28. The summed E-state index contributed by atoms with van der Waals surface area (Å²) in [6, 6.07) is 9.07. The molecule has 0 aliphatic rings. The van der Waals surface area contributed by atoms with Crippen LogP contribution in [0, 0.1) is 17.1 Å². The van der Waals surface area contributed by atoms with Gasteiger partial charge in [-0.2, -0.15) is 5.26 Å². The standard InChI is InChI=1S/C14H10ClFN2O3S/c1-21-14-5-3-10(7-11(14)15)22(19,20)18-13-4-2-9(8-17)6-12(13)16/h2-7,18H,1H3. The summed E-state index contributed by atoms with van der Waals surface area (Å²) < 4.78 is 45.2. The normalized spacial score (nSPS) is 10.8. The van der Waals surface area contributed by atoms with E-state index in [-0.39, 0.29) is 21.2 Å². The number of rotatable bonds is 4. The Hall–Kier alpha value is -2.30. The van der Waals surface area contributed by atoms with Crippen LogP contribution in [0.4, 0.5) is 10.1 Å². The first-order chi connectivity index (χ1) is 10.4. The Morgan fingerprint density at radius 1 is 1.27 bits per heavy atom. The fourth-order valence-electron chi connectivity index (χ4n) is 1.69. The molecule has 0 fully saturated rings. The van der Waals surface area contributed by atoms with Crippen LogP contribution in [0.15, 0.2) is 41.3 Å². The van der Waals surface area contributed by atoms with Crippen molar-refractivity contribution in [1.29, 1.82) is 5.26 Å². The lowest BCUT2D eigenvalue weighted by atomic mass is 10.2. The average Bonchev–Trinajstić information content (AvgIpc) is 2.49. The van der Waals surface area contributed by atoms with Gasteiger partial charge in [0, 0.05) is 0 Å². The summed E-state index contributed by atoms with van der Waals surface area (Å²) in [5.74, 6) is -0.521. The second-order valence-corrected chi connectivity index (χ2v) is 6.30. The van der Waals surface area contributed by atoms with E-state index in [0.717, 1.165) is 6.07 Å². The molecule has 0 aliphatic carbocycles. The smallest absolute Gasteiger partial charge is 0.262 e. The molecule has 0 unspecified atom stereocenters. The van der Waals surface area contributed by atoms with Gasteiger partial charge in [-0.3, -0.25) is 4.72 Å². The van der Waals surface area contributed by atoms with Crippen molar-refractivity contribution in [1.82, 2.24) is 0 Å². The van der Waals surface area contributed by atoms with Gasteiger partial charge in [-0.25, -0.2) is 12.8 Å². The lowest BCUT2D eigenvalue weighted by Gasteiger charge is -2.10. The summed E-state index contributed by atoms with van der Waals surface area (Å²) in [6.45, 7) is 0. The molecule has 0 aliphatic heterocycles. The van der Waals surface area contributed by atoms with E-state index < -0.39 is 15.8 Å². The molecule has 0 radical (unpaired) electrons. The Labute approximate surface area is 132 Å². The van der Waals surface area contributed by atoms with Crippen LogP contribution in [-0.2, 0) is 10.0 Å². The van der Waals surface area contributed by atoms with Crippen molar-refractivity contribution >= 4 is 27.3 Å². The number of nitrogens with one attached hydrogen (secondary N) is 1. The molecule has 2 rings (SSSR count). The zero-order valence-electron chi connectivity index (χ0n) is 11.3. The number of hydrogen-bond acceptors (Lipinski definition) is 4. The van der Waals surface area contributed by atoms with Crippen LogP contribution in [0.25, 0.3) is 0 Å². The van der Waals surface area contributed by atoms with Crippen LogP contribution in [0.2, 0.25) is 5.02 Å². The number of benzene rings is 2. The Kier molecular flexibility index (Phi) is 4.54. The Balaban J connectivity index is 2.36. The molecule has 0 atom stereocenters. The van der Waals surface area contributed by atoms with Crippen LogP contribution < -0.4 is 9.46 Å². The molecule has 0 bridgehead atoms. The van der Waals surface area contributed by atoms with E-state index in [0.29, 0.717) is 5.75 Å². The number of hydrogen-bond donors (Lipinski definition) is 1. The van der Waals surface area contributed by atoms with Gasteiger partial charge in [0.15, 0.2) is 0 Å². The van der Waals surface area contributed by atoms with E-state index in [9.17, 15) is 12.8 Å². The van der Waals surface area contributed by atoms with E-state index in [1.54, 1.807) is 6.07 Å². The van der Waals surface area contributed by atoms with E-state index in [1.807, 2.05) is 0 Å². The van der Waals surface area contributed by atoms with Crippen molar-refractivity contribution in [3.05, 3.63) is 52.8 Å². The monoisotopic (exact) mass is 340 g/mol. The fraction of sp³-hybridized carbons (Fsp3) is 0.0714. The van der Waals surface area contributed by atoms with E-state index in [2.05, 4.69) is 4.72 Å². The number of ether oxygens (including phenoxy) is 1. The van der Waals surface area contributed by atoms with Gasteiger partial charge in [0.05, 0.1) is 34.3 Å². The first kappa shape index (κ1) is 16.1. The van der Waals surface area contributed by atoms with Crippen molar-refractivity contribution in [2.45, 2.75) is 4.90 Å². The highest BCUT2D eigenvalue weighted by atomic mass is 35.5. The zero-order chi connectivity index (χ0) is 16.3. The molecule has 0 saturated carbocycles. The molecule has 22 heavy (non-hydrogen) atoms. The number of anilines is 1. The minimum Gasteiger partial charge on any atom is -0.495 e. The lowest BCUT2D eigenvalue weighted by Crippen LogP contribution is -2.14. The summed E-state index contributed by atoms with van der Waals surface area (Å²) in [6.07, 6.45) is 0. The third-order valence-electron chi connectivity index (χ3n) is 2.78. The number of methoxy groups -OCH3 is 1. The van der Waals surface area contributed by atoms with Crippen LogP contribution in [-0.4, -0.2) is 15.5 Å². The largest absolute Gasteiger partial charge is 0.495 e. The minimum absolute atomic E-state index is 0.0907. The van der Waals surface area contributed by atoms with Crippen LogP contribution in [0.3, 0.4) is 0 Å². The molecule has 0 heterocycles. The quantitative estimate of drug-likeness (QED) is 0.927. The molecule has 0 spiro atoms. The average molecular weight is 341 g/mol. The molecular formula is C14H10ClFN2O3S. The predicted molar refractivity (Wildman–Crippen MR) is 79.9 cm³/mol. The number of nitrogens with zero attached hydrogens (tertiary/aromatic N) is 1. The third-order valence-corrected chi connectivity index (χ3v) is 4.43. The van der Waals surface area contributed by atoms with Gasteiger partial charge in [-0.05, 0) is 36.4 Å². The highest BCUT2D eigenvalue weighted by molar-refractivity contribution is 7.92. The van der Waals surface area contributed by atoms with E-state index in [4.69, 9.17) is 21.6 Å². The van der Waals surface area contributed by atoms with Gasteiger partial charge < -0.3 is 4.74 Å². The van der Waals surface area contributed by atoms with E-state index >= 15 is 0 Å². The van der Waals surface area contributed by atoms with Crippen LogP contribution in [0.1, 0.15) is 5.56 Å². The summed E-state index contributed by atoms with van der Waals surface area (Å²) >= 11 is 5.88. The Bertz CT molecular complexity index is 863. The maximum atomic E-state index is 13.8. The van der Waals surface area contributed by atoms with Crippen LogP contribution in [0.5, 0.6) is 5.75 Å². The molecule has 8 heteroatoms. The molecule has 0 amide bonds. The number of nitriles is 1.